The number of ketones is 1. The van der Waals surface area contributed by atoms with Crippen molar-refractivity contribution < 1.29 is 9.59 Å². The molecule has 0 bridgehead atoms. The van der Waals surface area contributed by atoms with Gasteiger partial charge in [0.25, 0.3) is 0 Å². The number of Topliss-reactive ketones (excluding diaryl/α,β-unsaturated/α-hetero) is 1. The number of amidine groups is 1. The molecule has 1 heterocycles. The van der Waals surface area contributed by atoms with Gasteiger partial charge < -0.3 is 16.0 Å². The Hall–Kier alpha value is -3.64. The summed E-state index contributed by atoms with van der Waals surface area (Å²) in [6.07, 6.45) is 2.89. The fourth-order valence-electron chi connectivity index (χ4n) is 4.11. The number of anilines is 2. The lowest BCUT2D eigenvalue weighted by atomic mass is 9.99. The lowest BCUT2D eigenvalue weighted by Gasteiger charge is -2.30. The molecule has 1 aliphatic heterocycles. The number of hydrogen-bond acceptors (Lipinski definition) is 4. The van der Waals surface area contributed by atoms with Crippen molar-refractivity contribution in [3.63, 3.8) is 0 Å². The van der Waals surface area contributed by atoms with Crippen molar-refractivity contribution in [2.75, 3.05) is 23.3 Å². The summed E-state index contributed by atoms with van der Waals surface area (Å²) in [5.74, 6) is 0.189. The summed E-state index contributed by atoms with van der Waals surface area (Å²) in [6.45, 7) is 0.947. The maximum atomic E-state index is 13.0. The molecule has 4 N–H and O–H groups in total. The Morgan fingerprint density at radius 1 is 0.971 bits per heavy atom. The van der Waals surface area contributed by atoms with Gasteiger partial charge in [-0.15, -0.1) is 12.4 Å². The molecule has 0 aliphatic carbocycles. The van der Waals surface area contributed by atoms with Crippen molar-refractivity contribution in [1.29, 1.82) is 5.41 Å². The summed E-state index contributed by atoms with van der Waals surface area (Å²) in [4.78, 5) is 27.2. The number of carbonyl (C=O) groups excluding carboxylic acids is 2. The van der Waals surface area contributed by atoms with Crippen LogP contribution in [0.25, 0.3) is 0 Å². The SMILES string of the molecule is Cl.N=C(N)c1ccc(CCC(=O)N2CCCc3cc(NCC(=O)c4ccccc4)ccc32)cc1. The molecule has 0 saturated heterocycles. The fraction of sp³-hybridized carbons (Fsp3) is 0.222. The lowest BCUT2D eigenvalue weighted by Crippen LogP contribution is -2.35. The van der Waals surface area contributed by atoms with Crippen molar-refractivity contribution in [2.24, 2.45) is 5.73 Å². The number of nitrogens with one attached hydrogen (secondary N) is 2. The molecule has 0 spiro atoms. The molecule has 7 heteroatoms. The normalized spacial score (nSPS) is 12.3. The summed E-state index contributed by atoms with van der Waals surface area (Å²) < 4.78 is 0. The van der Waals surface area contributed by atoms with Gasteiger partial charge in [-0.2, -0.15) is 0 Å². The predicted molar refractivity (Wildman–Crippen MR) is 139 cm³/mol. The third-order valence-corrected chi connectivity index (χ3v) is 5.94. The molecule has 1 amide bonds. The molecule has 176 valence electrons. The fourth-order valence-corrected chi connectivity index (χ4v) is 4.11. The van der Waals surface area contributed by atoms with Crippen LogP contribution in [0.1, 0.15) is 39.9 Å². The van der Waals surface area contributed by atoms with Gasteiger partial charge in [0.05, 0.1) is 6.54 Å². The monoisotopic (exact) mass is 476 g/mol. The minimum atomic E-state index is 0. The van der Waals surface area contributed by atoms with E-state index in [1.807, 2.05) is 77.7 Å². The van der Waals surface area contributed by atoms with Gasteiger partial charge in [-0.1, -0.05) is 54.6 Å². The highest BCUT2D eigenvalue weighted by Gasteiger charge is 2.22. The largest absolute Gasteiger partial charge is 0.384 e. The van der Waals surface area contributed by atoms with Gasteiger partial charge in [-0.3, -0.25) is 15.0 Å². The molecule has 3 aromatic rings. The Kier molecular flexibility index (Phi) is 8.44. The first-order valence-electron chi connectivity index (χ1n) is 11.2. The standard InChI is InChI=1S/C27H28N4O2.ClH/c28-27(29)21-11-8-19(9-12-21)10-15-26(33)31-16-4-7-22-17-23(13-14-24(22)31)30-18-25(32)20-5-2-1-3-6-20;/h1-3,5-6,8-9,11-14,17,30H,4,7,10,15-16,18H2,(H3,28,29);1H. The van der Waals surface area contributed by atoms with Crippen LogP contribution in [-0.2, 0) is 17.6 Å². The smallest absolute Gasteiger partial charge is 0.227 e. The molecule has 4 rings (SSSR count). The van der Waals surface area contributed by atoms with E-state index >= 15 is 0 Å². The summed E-state index contributed by atoms with van der Waals surface area (Å²) in [5, 5.41) is 10.7. The van der Waals surface area contributed by atoms with Crippen LogP contribution >= 0.6 is 12.4 Å². The quantitative estimate of drug-likeness (QED) is 0.251. The number of aryl methyl sites for hydroxylation is 2. The van der Waals surface area contributed by atoms with Crippen LogP contribution in [0.5, 0.6) is 0 Å². The van der Waals surface area contributed by atoms with Gasteiger partial charge in [0.1, 0.15) is 5.84 Å². The van der Waals surface area contributed by atoms with Crippen molar-refractivity contribution in [1.82, 2.24) is 0 Å². The van der Waals surface area contributed by atoms with E-state index in [0.717, 1.165) is 35.3 Å². The topological polar surface area (TPSA) is 99.3 Å². The second-order valence-electron chi connectivity index (χ2n) is 8.25. The van der Waals surface area contributed by atoms with Crippen molar-refractivity contribution in [3.8, 4) is 0 Å². The second-order valence-corrected chi connectivity index (χ2v) is 8.25. The third-order valence-electron chi connectivity index (χ3n) is 5.94. The molecule has 0 aromatic heterocycles. The molecule has 0 atom stereocenters. The molecule has 0 unspecified atom stereocenters. The van der Waals surface area contributed by atoms with Crippen molar-refractivity contribution >= 4 is 41.3 Å². The summed E-state index contributed by atoms with van der Waals surface area (Å²) >= 11 is 0. The second kappa shape index (κ2) is 11.5. The number of fused-ring (bicyclic) bond motifs is 1. The third kappa shape index (κ3) is 6.02. The van der Waals surface area contributed by atoms with Gasteiger partial charge in [0.15, 0.2) is 5.78 Å². The molecular weight excluding hydrogens is 448 g/mol. The molecule has 0 radical (unpaired) electrons. The van der Waals surface area contributed by atoms with E-state index in [4.69, 9.17) is 11.1 Å². The number of hydrogen-bond donors (Lipinski definition) is 3. The molecule has 0 fully saturated rings. The van der Waals surface area contributed by atoms with Gasteiger partial charge in [-0.05, 0) is 48.6 Å². The highest BCUT2D eigenvalue weighted by atomic mass is 35.5. The van der Waals surface area contributed by atoms with Crippen LogP contribution < -0.4 is 16.0 Å². The molecular formula is C27H29ClN4O2. The number of halogens is 1. The number of amides is 1. The molecule has 0 saturated carbocycles. The maximum Gasteiger partial charge on any atom is 0.227 e. The van der Waals surface area contributed by atoms with Gasteiger partial charge >= 0.3 is 0 Å². The number of nitrogens with zero attached hydrogens (tertiary/aromatic N) is 1. The van der Waals surface area contributed by atoms with Crippen LogP contribution in [0.4, 0.5) is 11.4 Å². The molecule has 6 nitrogen and oxygen atoms in total. The van der Waals surface area contributed by atoms with Crippen LogP contribution in [0.3, 0.4) is 0 Å². The molecule has 1 aliphatic rings. The lowest BCUT2D eigenvalue weighted by molar-refractivity contribution is -0.118. The van der Waals surface area contributed by atoms with Gasteiger partial charge in [-0.25, -0.2) is 0 Å². The van der Waals surface area contributed by atoms with Crippen LogP contribution in [0.2, 0.25) is 0 Å². The first-order chi connectivity index (χ1) is 16.0. The van der Waals surface area contributed by atoms with Crippen LogP contribution in [0, 0.1) is 5.41 Å². The Morgan fingerprint density at radius 3 is 2.41 bits per heavy atom. The summed E-state index contributed by atoms with van der Waals surface area (Å²) in [7, 11) is 0. The average molecular weight is 477 g/mol. The zero-order valence-electron chi connectivity index (χ0n) is 18.9. The number of carbonyl (C=O) groups is 2. The van der Waals surface area contributed by atoms with Crippen molar-refractivity contribution in [2.45, 2.75) is 25.7 Å². The summed E-state index contributed by atoms with van der Waals surface area (Å²) in [5.41, 5.74) is 10.9. The van der Waals surface area contributed by atoms with Gasteiger partial charge in [0, 0.05) is 35.5 Å². The van der Waals surface area contributed by atoms with E-state index < -0.39 is 0 Å². The number of benzene rings is 3. The van der Waals surface area contributed by atoms with E-state index in [2.05, 4.69) is 5.32 Å². The minimum Gasteiger partial charge on any atom is -0.384 e. The number of nitrogen functional groups attached to an aromatic ring is 1. The zero-order chi connectivity index (χ0) is 23.2. The van der Waals surface area contributed by atoms with Crippen LogP contribution in [-0.4, -0.2) is 30.6 Å². The Bertz CT molecular complexity index is 1160. The highest BCUT2D eigenvalue weighted by molar-refractivity contribution is 5.99. The van der Waals surface area contributed by atoms with E-state index in [0.29, 0.717) is 30.5 Å². The van der Waals surface area contributed by atoms with Crippen LogP contribution in [0.15, 0.2) is 72.8 Å². The zero-order valence-corrected chi connectivity index (χ0v) is 19.7. The number of nitrogens with two attached hydrogens (primary N) is 1. The van der Waals surface area contributed by atoms with Crippen molar-refractivity contribution in [3.05, 3.63) is 95.1 Å². The number of rotatable bonds is 8. The first-order valence-corrected chi connectivity index (χ1v) is 11.2. The summed E-state index contributed by atoms with van der Waals surface area (Å²) in [6, 6.07) is 22.7. The highest BCUT2D eigenvalue weighted by Crippen LogP contribution is 2.30. The minimum absolute atomic E-state index is 0. The Morgan fingerprint density at radius 2 is 1.71 bits per heavy atom. The Balaban J connectivity index is 0.00000324. The van der Waals surface area contributed by atoms with E-state index in [1.165, 1.54) is 0 Å². The van der Waals surface area contributed by atoms with E-state index in [9.17, 15) is 9.59 Å². The first kappa shape index (κ1) is 25.0. The van der Waals surface area contributed by atoms with E-state index in [1.54, 1.807) is 0 Å². The predicted octanol–water partition coefficient (Wildman–Crippen LogP) is 4.60. The average Bonchev–Trinajstić information content (AvgIpc) is 2.86. The molecule has 3 aromatic carbocycles. The Labute approximate surface area is 206 Å². The maximum absolute atomic E-state index is 13.0. The van der Waals surface area contributed by atoms with E-state index in [-0.39, 0.29) is 36.5 Å². The molecule has 34 heavy (non-hydrogen) atoms. The van der Waals surface area contributed by atoms with Gasteiger partial charge in [0.2, 0.25) is 5.91 Å².